The molecule has 0 aliphatic carbocycles. The maximum Gasteiger partial charge on any atom is 0.271 e. The Morgan fingerprint density at radius 2 is 1.59 bits per heavy atom. The molecule has 4 aromatic rings. The van der Waals surface area contributed by atoms with E-state index < -0.39 is 4.92 Å². The van der Waals surface area contributed by atoms with Gasteiger partial charge < -0.3 is 4.42 Å². The van der Waals surface area contributed by atoms with Crippen LogP contribution in [0.2, 0.25) is 0 Å². The van der Waals surface area contributed by atoms with Gasteiger partial charge in [-0.25, -0.2) is 4.99 Å². The molecule has 7 nitrogen and oxygen atoms in total. The smallest absolute Gasteiger partial charge is 0.271 e. The standard InChI is InChI=1S/C29H23N3O4S/c1-18-4-8-21(9-5-18)30-29-31(22-10-6-19(2)7-11-22)28(33)27(37-29)17-24-13-15-26(36-24)25-14-12-23(32(34)35)16-20(25)3/h4-17H,1-3H3/b27-17+,30-29?. The predicted molar refractivity (Wildman–Crippen MR) is 148 cm³/mol. The molecule has 1 aliphatic heterocycles. The van der Waals surface area contributed by atoms with E-state index in [2.05, 4.69) is 0 Å². The number of hydrogen-bond acceptors (Lipinski definition) is 6. The molecule has 1 saturated heterocycles. The number of nitro benzene ring substituents is 1. The molecule has 3 aromatic carbocycles. The zero-order valence-corrected chi connectivity index (χ0v) is 21.3. The molecule has 0 spiro atoms. The second-order valence-electron chi connectivity index (χ2n) is 8.78. The molecule has 1 fully saturated rings. The summed E-state index contributed by atoms with van der Waals surface area (Å²) in [6.07, 6.45) is 1.70. The van der Waals surface area contributed by atoms with Crippen LogP contribution in [0.15, 0.2) is 93.2 Å². The number of carbonyl (C=O) groups is 1. The minimum Gasteiger partial charge on any atom is -0.457 e. The molecule has 0 radical (unpaired) electrons. The Balaban J connectivity index is 1.49. The van der Waals surface area contributed by atoms with Crippen LogP contribution < -0.4 is 4.90 Å². The fraction of sp³-hybridized carbons (Fsp3) is 0.103. The van der Waals surface area contributed by atoms with Crippen LogP contribution >= 0.6 is 11.8 Å². The van der Waals surface area contributed by atoms with Crippen LogP contribution in [0.1, 0.15) is 22.5 Å². The molecule has 1 aromatic heterocycles. The lowest BCUT2D eigenvalue weighted by Crippen LogP contribution is -2.28. The van der Waals surface area contributed by atoms with E-state index in [1.807, 2.05) is 62.4 Å². The summed E-state index contributed by atoms with van der Waals surface area (Å²) in [6.45, 7) is 5.81. The highest BCUT2D eigenvalue weighted by atomic mass is 32.2. The Labute approximate surface area is 218 Å². The first-order valence-corrected chi connectivity index (χ1v) is 12.4. The van der Waals surface area contributed by atoms with E-state index in [1.54, 1.807) is 36.1 Å². The number of anilines is 1. The van der Waals surface area contributed by atoms with Gasteiger partial charge in [-0.2, -0.15) is 0 Å². The fourth-order valence-corrected chi connectivity index (χ4v) is 4.92. The number of rotatable bonds is 5. The number of nitro groups is 1. The second-order valence-corrected chi connectivity index (χ2v) is 9.78. The first-order chi connectivity index (χ1) is 17.8. The van der Waals surface area contributed by atoms with Gasteiger partial charge in [0.05, 0.1) is 21.2 Å². The summed E-state index contributed by atoms with van der Waals surface area (Å²) < 4.78 is 6.01. The zero-order chi connectivity index (χ0) is 26.1. The minimum absolute atomic E-state index is 0.0275. The molecule has 1 aliphatic rings. The summed E-state index contributed by atoms with van der Waals surface area (Å²) in [4.78, 5) is 31.0. The number of benzene rings is 3. The summed E-state index contributed by atoms with van der Waals surface area (Å²) >= 11 is 1.29. The summed E-state index contributed by atoms with van der Waals surface area (Å²) in [5.41, 5.74) is 5.23. The lowest BCUT2D eigenvalue weighted by atomic mass is 10.1. The number of hydrogen-bond donors (Lipinski definition) is 0. The van der Waals surface area contributed by atoms with Gasteiger partial charge in [0.15, 0.2) is 5.17 Å². The molecule has 0 bridgehead atoms. The number of aliphatic imine (C=N–C) groups is 1. The van der Waals surface area contributed by atoms with Gasteiger partial charge in [0, 0.05) is 23.8 Å². The van der Waals surface area contributed by atoms with Crippen LogP contribution in [-0.2, 0) is 4.79 Å². The average molecular weight is 510 g/mol. The largest absolute Gasteiger partial charge is 0.457 e. The summed E-state index contributed by atoms with van der Waals surface area (Å²) in [5.74, 6) is 0.881. The molecule has 0 unspecified atom stereocenters. The first-order valence-electron chi connectivity index (χ1n) is 11.6. The molecule has 5 rings (SSSR count). The molecule has 37 heavy (non-hydrogen) atoms. The van der Waals surface area contributed by atoms with E-state index in [9.17, 15) is 14.9 Å². The van der Waals surface area contributed by atoms with Crippen molar-refractivity contribution in [1.82, 2.24) is 0 Å². The molecule has 8 heteroatoms. The number of amides is 1. The zero-order valence-electron chi connectivity index (χ0n) is 20.5. The van der Waals surface area contributed by atoms with E-state index in [1.165, 1.54) is 23.9 Å². The van der Waals surface area contributed by atoms with E-state index in [0.717, 1.165) is 33.6 Å². The maximum absolute atomic E-state index is 13.5. The summed E-state index contributed by atoms with van der Waals surface area (Å²) in [6, 6.07) is 23.8. The van der Waals surface area contributed by atoms with Crippen molar-refractivity contribution >= 4 is 46.0 Å². The SMILES string of the molecule is Cc1ccc(N=C2S/C(=C/c3ccc(-c4ccc([N+](=O)[O-])cc4C)o3)C(=O)N2c2ccc(C)cc2)cc1. The van der Waals surface area contributed by atoms with Crippen LogP contribution in [0.25, 0.3) is 17.4 Å². The molecular weight excluding hydrogens is 486 g/mol. The summed E-state index contributed by atoms with van der Waals surface area (Å²) in [7, 11) is 0. The third kappa shape index (κ3) is 5.10. The minimum atomic E-state index is -0.423. The highest BCUT2D eigenvalue weighted by molar-refractivity contribution is 8.19. The van der Waals surface area contributed by atoms with E-state index in [4.69, 9.17) is 9.41 Å². The van der Waals surface area contributed by atoms with E-state index >= 15 is 0 Å². The number of aryl methyl sites for hydroxylation is 3. The van der Waals surface area contributed by atoms with Gasteiger partial charge in [0.2, 0.25) is 0 Å². The molecule has 0 N–H and O–H groups in total. The van der Waals surface area contributed by atoms with Crippen LogP contribution in [0.4, 0.5) is 17.1 Å². The average Bonchev–Trinajstić information content (AvgIpc) is 3.45. The van der Waals surface area contributed by atoms with Crippen molar-refractivity contribution in [1.29, 1.82) is 0 Å². The number of carbonyl (C=O) groups excluding carboxylic acids is 1. The third-order valence-electron chi connectivity index (χ3n) is 5.94. The van der Waals surface area contributed by atoms with Crippen molar-refractivity contribution in [3.05, 3.63) is 116 Å². The lowest BCUT2D eigenvalue weighted by molar-refractivity contribution is -0.384. The van der Waals surface area contributed by atoms with Gasteiger partial charge in [0.1, 0.15) is 11.5 Å². The lowest BCUT2D eigenvalue weighted by Gasteiger charge is -2.16. The van der Waals surface area contributed by atoms with Crippen molar-refractivity contribution in [2.24, 2.45) is 4.99 Å². The summed E-state index contributed by atoms with van der Waals surface area (Å²) in [5, 5.41) is 11.6. The number of non-ortho nitro benzene ring substituents is 1. The highest BCUT2D eigenvalue weighted by Gasteiger charge is 2.35. The molecule has 0 saturated carbocycles. The maximum atomic E-state index is 13.5. The van der Waals surface area contributed by atoms with Crippen molar-refractivity contribution in [2.45, 2.75) is 20.8 Å². The molecular formula is C29H23N3O4S. The van der Waals surface area contributed by atoms with Crippen LogP contribution in [0.3, 0.4) is 0 Å². The van der Waals surface area contributed by atoms with Gasteiger partial charge in [-0.05, 0) is 80.6 Å². The molecule has 1 amide bonds. The Morgan fingerprint density at radius 3 is 2.24 bits per heavy atom. The third-order valence-corrected chi connectivity index (χ3v) is 6.91. The fourth-order valence-electron chi connectivity index (χ4n) is 3.94. The Kier molecular flexibility index (Phi) is 6.50. The van der Waals surface area contributed by atoms with Crippen molar-refractivity contribution in [3.63, 3.8) is 0 Å². The Morgan fingerprint density at radius 1 is 0.919 bits per heavy atom. The van der Waals surface area contributed by atoms with E-state index in [0.29, 0.717) is 21.6 Å². The van der Waals surface area contributed by atoms with Crippen molar-refractivity contribution in [2.75, 3.05) is 4.90 Å². The Hall–Kier alpha value is -4.43. The highest BCUT2D eigenvalue weighted by Crippen LogP contribution is 2.38. The number of nitrogens with zero attached hydrogens (tertiary/aromatic N) is 3. The number of amidine groups is 1. The monoisotopic (exact) mass is 509 g/mol. The van der Waals surface area contributed by atoms with Crippen LogP contribution in [0.5, 0.6) is 0 Å². The first kappa shape index (κ1) is 24.3. The number of thioether (sulfide) groups is 1. The topological polar surface area (TPSA) is 89.0 Å². The second kappa shape index (κ2) is 9.91. The predicted octanol–water partition coefficient (Wildman–Crippen LogP) is 7.59. The quantitative estimate of drug-likeness (QED) is 0.157. The Bertz CT molecular complexity index is 1570. The van der Waals surface area contributed by atoms with Gasteiger partial charge in [0.25, 0.3) is 11.6 Å². The molecule has 0 atom stereocenters. The normalized spacial score (nSPS) is 15.6. The van der Waals surface area contributed by atoms with Crippen molar-refractivity contribution in [3.8, 4) is 11.3 Å². The van der Waals surface area contributed by atoms with Gasteiger partial charge in [-0.1, -0.05) is 35.4 Å². The van der Waals surface area contributed by atoms with Gasteiger partial charge in [-0.15, -0.1) is 0 Å². The van der Waals surface area contributed by atoms with E-state index in [-0.39, 0.29) is 11.6 Å². The van der Waals surface area contributed by atoms with Crippen LogP contribution in [0, 0.1) is 30.9 Å². The van der Waals surface area contributed by atoms with Crippen LogP contribution in [-0.4, -0.2) is 16.0 Å². The number of furan rings is 1. The van der Waals surface area contributed by atoms with Gasteiger partial charge in [-0.3, -0.25) is 19.8 Å². The molecule has 2 heterocycles. The van der Waals surface area contributed by atoms with Crippen molar-refractivity contribution < 1.29 is 14.1 Å². The van der Waals surface area contributed by atoms with Gasteiger partial charge >= 0.3 is 0 Å². The molecule has 184 valence electrons.